The summed E-state index contributed by atoms with van der Waals surface area (Å²) < 4.78 is 0. The molecule has 0 N–H and O–H groups in total. The molecule has 1 atom stereocenters. The first kappa shape index (κ1) is 12.0. The van der Waals surface area contributed by atoms with Crippen LogP contribution in [-0.2, 0) is 16.0 Å². The van der Waals surface area contributed by atoms with Gasteiger partial charge in [-0.15, -0.1) is 0 Å². The van der Waals surface area contributed by atoms with Gasteiger partial charge in [0.2, 0.25) is 5.91 Å². The Balaban J connectivity index is 1.94. The number of benzene rings is 1. The third-order valence-corrected chi connectivity index (χ3v) is 3.78. The fourth-order valence-corrected chi connectivity index (χ4v) is 2.61. The number of imide groups is 1. The molecule has 5 heteroatoms. The summed E-state index contributed by atoms with van der Waals surface area (Å²) in [6.45, 7) is 2.59. The number of anilines is 1. The number of rotatable bonds is 2. The number of hydrogen-bond acceptors (Lipinski definition) is 4. The minimum atomic E-state index is -0.916. The van der Waals surface area contributed by atoms with Gasteiger partial charge in [0.25, 0.3) is 5.91 Å². The van der Waals surface area contributed by atoms with Crippen LogP contribution >= 0.6 is 0 Å². The van der Waals surface area contributed by atoms with E-state index in [-0.39, 0.29) is 18.2 Å². The Morgan fingerprint density at radius 1 is 1.26 bits per heavy atom. The van der Waals surface area contributed by atoms with Gasteiger partial charge < -0.3 is 0 Å². The summed E-state index contributed by atoms with van der Waals surface area (Å²) in [6, 6.07) is 7.52. The highest BCUT2D eigenvalue weighted by Gasteiger charge is 2.54. The van der Waals surface area contributed by atoms with Crippen molar-refractivity contribution in [2.45, 2.75) is 31.7 Å². The topological polar surface area (TPSA) is 62.1 Å². The molecular formula is C14H15N3O2. The second-order valence-electron chi connectivity index (χ2n) is 4.98. The molecule has 5 nitrogen and oxygen atoms in total. The van der Waals surface area contributed by atoms with Crippen LogP contribution in [0.15, 0.2) is 34.5 Å². The summed E-state index contributed by atoms with van der Waals surface area (Å²) >= 11 is 0. The van der Waals surface area contributed by atoms with Gasteiger partial charge in [-0.05, 0) is 24.1 Å². The zero-order valence-electron chi connectivity index (χ0n) is 10.8. The number of hydrogen-bond donors (Lipinski definition) is 0. The molecule has 0 aromatic heterocycles. The van der Waals surface area contributed by atoms with Gasteiger partial charge >= 0.3 is 0 Å². The molecular weight excluding hydrogens is 242 g/mol. The monoisotopic (exact) mass is 257 g/mol. The standard InChI is InChI=1S/C14H15N3O2/c1-2-10-3-5-11(6-4-10)17-12(18)9-14(13(17)19)7-8-15-16-14/h3-6H,2,7-9H2,1H3. The number of carbonyl (C=O) groups is 2. The Hall–Kier alpha value is -2.04. The Morgan fingerprint density at radius 2 is 2.00 bits per heavy atom. The molecule has 0 saturated carbocycles. The fourth-order valence-electron chi connectivity index (χ4n) is 2.61. The van der Waals surface area contributed by atoms with Crippen molar-refractivity contribution in [1.82, 2.24) is 0 Å². The van der Waals surface area contributed by atoms with E-state index in [1.54, 1.807) is 0 Å². The van der Waals surface area contributed by atoms with Crippen LogP contribution < -0.4 is 4.90 Å². The third-order valence-electron chi connectivity index (χ3n) is 3.78. The number of carbonyl (C=O) groups excluding carboxylic acids is 2. The van der Waals surface area contributed by atoms with Crippen molar-refractivity contribution < 1.29 is 9.59 Å². The molecule has 2 amide bonds. The van der Waals surface area contributed by atoms with Gasteiger partial charge in [-0.1, -0.05) is 19.1 Å². The van der Waals surface area contributed by atoms with Crippen molar-refractivity contribution in [2.75, 3.05) is 11.4 Å². The van der Waals surface area contributed by atoms with Crippen LogP contribution in [0.4, 0.5) is 5.69 Å². The highest BCUT2D eigenvalue weighted by molar-refractivity contribution is 6.24. The molecule has 2 aliphatic heterocycles. The van der Waals surface area contributed by atoms with E-state index in [1.165, 1.54) is 10.5 Å². The van der Waals surface area contributed by atoms with E-state index in [2.05, 4.69) is 17.2 Å². The molecule has 98 valence electrons. The van der Waals surface area contributed by atoms with E-state index in [0.29, 0.717) is 18.7 Å². The first-order valence-corrected chi connectivity index (χ1v) is 6.51. The van der Waals surface area contributed by atoms with Crippen LogP contribution in [0.25, 0.3) is 0 Å². The maximum atomic E-state index is 12.4. The largest absolute Gasteiger partial charge is 0.274 e. The van der Waals surface area contributed by atoms with Crippen LogP contribution in [-0.4, -0.2) is 23.9 Å². The molecule has 3 rings (SSSR count). The lowest BCUT2D eigenvalue weighted by molar-refractivity contribution is -0.122. The van der Waals surface area contributed by atoms with Gasteiger partial charge in [-0.2, -0.15) is 10.2 Å². The van der Waals surface area contributed by atoms with Crippen LogP contribution in [0, 0.1) is 0 Å². The molecule has 1 aromatic carbocycles. The van der Waals surface area contributed by atoms with Crippen molar-refractivity contribution in [3.05, 3.63) is 29.8 Å². The fraction of sp³-hybridized carbons (Fsp3) is 0.429. The van der Waals surface area contributed by atoms with Gasteiger partial charge in [0, 0.05) is 6.42 Å². The van der Waals surface area contributed by atoms with Gasteiger partial charge in [0.1, 0.15) is 0 Å². The minimum Gasteiger partial charge on any atom is -0.274 e. The van der Waals surface area contributed by atoms with Gasteiger partial charge in [-0.3, -0.25) is 9.59 Å². The molecule has 2 aliphatic rings. The van der Waals surface area contributed by atoms with E-state index >= 15 is 0 Å². The molecule has 19 heavy (non-hydrogen) atoms. The molecule has 1 fully saturated rings. The highest BCUT2D eigenvalue weighted by atomic mass is 16.2. The van der Waals surface area contributed by atoms with Crippen LogP contribution in [0.5, 0.6) is 0 Å². The van der Waals surface area contributed by atoms with Gasteiger partial charge in [0.15, 0.2) is 5.54 Å². The second kappa shape index (κ2) is 4.26. The predicted octanol–water partition coefficient (Wildman–Crippen LogP) is 2.11. The minimum absolute atomic E-state index is 0.144. The van der Waals surface area contributed by atoms with E-state index in [0.717, 1.165) is 6.42 Å². The van der Waals surface area contributed by atoms with Gasteiger partial charge in [0.05, 0.1) is 18.7 Å². The number of azo groups is 1. The maximum Gasteiger partial charge on any atom is 0.264 e. The second-order valence-corrected chi connectivity index (χ2v) is 4.98. The maximum absolute atomic E-state index is 12.4. The van der Waals surface area contributed by atoms with Crippen molar-refractivity contribution >= 4 is 17.5 Å². The van der Waals surface area contributed by atoms with E-state index in [1.807, 2.05) is 24.3 Å². The van der Waals surface area contributed by atoms with Crippen LogP contribution in [0.3, 0.4) is 0 Å². The van der Waals surface area contributed by atoms with E-state index in [9.17, 15) is 9.59 Å². The number of aryl methyl sites for hydroxylation is 1. The summed E-state index contributed by atoms with van der Waals surface area (Å²) in [5, 5.41) is 7.90. The highest BCUT2D eigenvalue weighted by Crippen LogP contribution is 2.37. The number of amides is 2. The Bertz CT molecular complexity index is 565. The summed E-state index contributed by atoms with van der Waals surface area (Å²) in [6.07, 6.45) is 1.62. The van der Waals surface area contributed by atoms with Crippen LogP contribution in [0.2, 0.25) is 0 Å². The molecule has 1 aromatic rings. The van der Waals surface area contributed by atoms with Crippen molar-refractivity contribution in [1.29, 1.82) is 0 Å². The lowest BCUT2D eigenvalue weighted by Gasteiger charge is -2.17. The normalized spacial score (nSPS) is 25.8. The van der Waals surface area contributed by atoms with E-state index < -0.39 is 5.54 Å². The summed E-state index contributed by atoms with van der Waals surface area (Å²) in [5.41, 5.74) is 0.893. The Kier molecular flexibility index (Phi) is 2.69. The quantitative estimate of drug-likeness (QED) is 0.762. The van der Waals surface area contributed by atoms with Crippen molar-refractivity contribution in [3.63, 3.8) is 0 Å². The zero-order valence-corrected chi connectivity index (χ0v) is 10.8. The Labute approximate surface area is 111 Å². The lowest BCUT2D eigenvalue weighted by Crippen LogP contribution is -2.38. The first-order valence-electron chi connectivity index (χ1n) is 6.51. The number of nitrogens with zero attached hydrogens (tertiary/aromatic N) is 3. The summed E-state index contributed by atoms with van der Waals surface area (Å²) in [4.78, 5) is 25.8. The summed E-state index contributed by atoms with van der Waals surface area (Å²) in [7, 11) is 0. The zero-order chi connectivity index (χ0) is 13.5. The third kappa shape index (κ3) is 1.77. The van der Waals surface area contributed by atoms with E-state index in [4.69, 9.17) is 0 Å². The molecule has 1 saturated heterocycles. The molecule has 0 bridgehead atoms. The van der Waals surface area contributed by atoms with Crippen LogP contribution in [0.1, 0.15) is 25.3 Å². The SMILES string of the molecule is CCc1ccc(N2C(=O)CC3(CCN=N3)C2=O)cc1. The van der Waals surface area contributed by atoms with Crippen molar-refractivity contribution in [3.8, 4) is 0 Å². The smallest absolute Gasteiger partial charge is 0.264 e. The first-order chi connectivity index (χ1) is 9.16. The lowest BCUT2D eigenvalue weighted by atomic mass is 9.96. The molecule has 0 radical (unpaired) electrons. The van der Waals surface area contributed by atoms with Crippen molar-refractivity contribution in [2.24, 2.45) is 10.2 Å². The Morgan fingerprint density at radius 3 is 2.58 bits per heavy atom. The molecule has 1 spiro atoms. The average Bonchev–Trinajstić information content (AvgIpc) is 2.97. The average molecular weight is 257 g/mol. The summed E-state index contributed by atoms with van der Waals surface area (Å²) in [5.74, 6) is -0.418. The molecule has 0 aliphatic carbocycles. The molecule has 1 unspecified atom stereocenters. The molecule has 2 heterocycles. The predicted molar refractivity (Wildman–Crippen MR) is 70.0 cm³/mol. The van der Waals surface area contributed by atoms with Gasteiger partial charge in [-0.25, -0.2) is 4.90 Å².